The van der Waals surface area contributed by atoms with Gasteiger partial charge in [-0.1, -0.05) is 23.7 Å². The summed E-state index contributed by atoms with van der Waals surface area (Å²) in [4.78, 5) is 0. The van der Waals surface area contributed by atoms with Crippen molar-refractivity contribution < 1.29 is 0 Å². The zero-order chi connectivity index (χ0) is 13.2. The van der Waals surface area contributed by atoms with Crippen LogP contribution < -0.4 is 5.32 Å². The Morgan fingerprint density at radius 2 is 1.83 bits per heavy atom. The number of hydrogen-bond acceptors (Lipinski definition) is 1. The van der Waals surface area contributed by atoms with Gasteiger partial charge in [0.1, 0.15) is 0 Å². The molecule has 2 heteroatoms. The molecule has 0 aromatic heterocycles. The van der Waals surface area contributed by atoms with Crippen LogP contribution in [-0.2, 0) is 6.42 Å². The van der Waals surface area contributed by atoms with Gasteiger partial charge in [-0.15, -0.1) is 0 Å². The lowest BCUT2D eigenvalue weighted by molar-refractivity contribution is 0.346. The van der Waals surface area contributed by atoms with E-state index < -0.39 is 0 Å². The van der Waals surface area contributed by atoms with Crippen LogP contribution in [0.25, 0.3) is 0 Å². The molecule has 1 aromatic carbocycles. The fourth-order valence-corrected chi connectivity index (χ4v) is 2.46. The third kappa shape index (κ3) is 4.62. The molecule has 1 aliphatic rings. The molecule has 1 N–H and O–H groups in total. The van der Waals surface area contributed by atoms with E-state index in [2.05, 4.69) is 38.2 Å². The highest BCUT2D eigenvalue weighted by Gasteiger charge is 2.31. The molecule has 18 heavy (non-hydrogen) atoms. The van der Waals surface area contributed by atoms with Gasteiger partial charge < -0.3 is 5.32 Å². The van der Waals surface area contributed by atoms with Crippen LogP contribution >= 0.6 is 11.6 Å². The van der Waals surface area contributed by atoms with E-state index in [1.807, 2.05) is 12.1 Å². The van der Waals surface area contributed by atoms with Crippen LogP contribution in [0.5, 0.6) is 0 Å². The number of rotatable bonds is 5. The van der Waals surface area contributed by atoms with Crippen molar-refractivity contribution in [3.05, 3.63) is 34.9 Å². The molecule has 1 fully saturated rings. The Hall–Kier alpha value is -0.530. The first-order valence-electron chi connectivity index (χ1n) is 6.93. The van der Waals surface area contributed by atoms with Gasteiger partial charge in [0.2, 0.25) is 0 Å². The van der Waals surface area contributed by atoms with Gasteiger partial charge in [0.15, 0.2) is 0 Å². The number of hydrogen-bond donors (Lipinski definition) is 1. The molecule has 0 bridgehead atoms. The molecule has 2 rings (SSSR count). The Morgan fingerprint density at radius 1 is 1.22 bits per heavy atom. The summed E-state index contributed by atoms with van der Waals surface area (Å²) in [5, 5.41) is 4.48. The minimum Gasteiger partial charge on any atom is -0.312 e. The summed E-state index contributed by atoms with van der Waals surface area (Å²) in [5.74, 6) is 1.70. The van der Waals surface area contributed by atoms with Gasteiger partial charge >= 0.3 is 0 Å². The Bertz CT molecular complexity index is 373. The lowest BCUT2D eigenvalue weighted by Crippen LogP contribution is -2.40. The molecular weight excluding hydrogens is 242 g/mol. The molecule has 1 nitrogen and oxygen atoms in total. The van der Waals surface area contributed by atoms with E-state index in [-0.39, 0.29) is 5.54 Å². The van der Waals surface area contributed by atoms with E-state index in [0.29, 0.717) is 0 Å². The highest BCUT2D eigenvalue weighted by Crippen LogP contribution is 2.38. The molecular formula is C16H24ClN. The predicted octanol–water partition coefficient (Wildman–Crippen LogP) is 4.30. The summed E-state index contributed by atoms with van der Waals surface area (Å²) in [6.45, 7) is 7.83. The lowest BCUT2D eigenvalue weighted by Gasteiger charge is -2.25. The summed E-state index contributed by atoms with van der Waals surface area (Å²) < 4.78 is 0. The van der Waals surface area contributed by atoms with Crippen molar-refractivity contribution in [1.29, 1.82) is 0 Å². The minimum absolute atomic E-state index is 0.215. The summed E-state index contributed by atoms with van der Waals surface area (Å²) >= 11 is 5.93. The van der Waals surface area contributed by atoms with E-state index in [1.165, 1.54) is 24.8 Å². The molecule has 100 valence electrons. The van der Waals surface area contributed by atoms with Gasteiger partial charge in [0.25, 0.3) is 0 Å². The van der Waals surface area contributed by atoms with Crippen molar-refractivity contribution in [3.63, 3.8) is 0 Å². The standard InChI is InChI=1S/C16H24ClN/c1-16(2,3)18-11-14(13-6-7-13)10-12-4-8-15(17)9-5-12/h4-5,8-9,13-14,18H,6-7,10-11H2,1-3H3. The van der Waals surface area contributed by atoms with Crippen LogP contribution in [0.15, 0.2) is 24.3 Å². The van der Waals surface area contributed by atoms with E-state index in [9.17, 15) is 0 Å². The van der Waals surface area contributed by atoms with E-state index >= 15 is 0 Å². The van der Waals surface area contributed by atoms with Gasteiger partial charge in [0.05, 0.1) is 0 Å². The Morgan fingerprint density at radius 3 is 2.33 bits per heavy atom. The molecule has 0 amide bonds. The van der Waals surface area contributed by atoms with E-state index in [4.69, 9.17) is 11.6 Å². The number of halogens is 1. The average Bonchev–Trinajstić information content (AvgIpc) is 3.09. The Kier molecular flexibility index (Phi) is 4.34. The summed E-state index contributed by atoms with van der Waals surface area (Å²) in [6.07, 6.45) is 3.99. The predicted molar refractivity (Wildman–Crippen MR) is 79.1 cm³/mol. The van der Waals surface area contributed by atoms with E-state index in [0.717, 1.165) is 23.4 Å². The van der Waals surface area contributed by atoms with Crippen molar-refractivity contribution in [1.82, 2.24) is 5.32 Å². The fourth-order valence-electron chi connectivity index (χ4n) is 2.33. The lowest BCUT2D eigenvalue weighted by atomic mass is 9.93. The van der Waals surface area contributed by atoms with Gasteiger partial charge in [-0.25, -0.2) is 0 Å². The van der Waals surface area contributed by atoms with E-state index in [1.54, 1.807) is 0 Å². The molecule has 1 unspecified atom stereocenters. The maximum atomic E-state index is 5.93. The molecule has 1 aliphatic carbocycles. The molecule has 0 spiro atoms. The smallest absolute Gasteiger partial charge is 0.0406 e. The number of benzene rings is 1. The van der Waals surface area contributed by atoms with Crippen molar-refractivity contribution in [2.75, 3.05) is 6.54 Å². The van der Waals surface area contributed by atoms with Gasteiger partial charge in [-0.2, -0.15) is 0 Å². The summed E-state index contributed by atoms with van der Waals surface area (Å²) in [7, 11) is 0. The first kappa shape index (κ1) is 13.9. The molecule has 1 aromatic rings. The highest BCUT2D eigenvalue weighted by molar-refractivity contribution is 6.30. The molecule has 0 aliphatic heterocycles. The molecule has 1 saturated carbocycles. The first-order chi connectivity index (χ1) is 8.44. The normalized spacial score (nSPS) is 17.8. The second-order valence-electron chi connectivity index (χ2n) is 6.56. The third-order valence-corrected chi connectivity index (χ3v) is 3.85. The van der Waals surface area contributed by atoms with Crippen LogP contribution in [0, 0.1) is 11.8 Å². The molecule has 0 heterocycles. The first-order valence-corrected chi connectivity index (χ1v) is 7.31. The second kappa shape index (κ2) is 5.63. The average molecular weight is 266 g/mol. The van der Waals surface area contributed by atoms with Gasteiger partial charge in [0, 0.05) is 10.6 Å². The van der Waals surface area contributed by atoms with Crippen LogP contribution in [0.1, 0.15) is 39.2 Å². The van der Waals surface area contributed by atoms with Crippen molar-refractivity contribution in [3.8, 4) is 0 Å². The Balaban J connectivity index is 1.92. The SMILES string of the molecule is CC(C)(C)NCC(Cc1ccc(Cl)cc1)C1CC1. The molecule has 1 atom stereocenters. The van der Waals surface area contributed by atoms with Crippen molar-refractivity contribution in [2.24, 2.45) is 11.8 Å². The summed E-state index contributed by atoms with van der Waals surface area (Å²) in [5.41, 5.74) is 1.62. The highest BCUT2D eigenvalue weighted by atomic mass is 35.5. The molecule has 0 radical (unpaired) electrons. The van der Waals surface area contributed by atoms with Gasteiger partial charge in [-0.05, 0) is 76.1 Å². The summed E-state index contributed by atoms with van der Waals surface area (Å²) in [6, 6.07) is 8.32. The van der Waals surface area contributed by atoms with Crippen LogP contribution in [-0.4, -0.2) is 12.1 Å². The fraction of sp³-hybridized carbons (Fsp3) is 0.625. The largest absolute Gasteiger partial charge is 0.312 e. The topological polar surface area (TPSA) is 12.0 Å². The third-order valence-electron chi connectivity index (χ3n) is 3.59. The van der Waals surface area contributed by atoms with Crippen molar-refractivity contribution >= 4 is 11.6 Å². The zero-order valence-electron chi connectivity index (χ0n) is 11.7. The second-order valence-corrected chi connectivity index (χ2v) is 7.00. The van der Waals surface area contributed by atoms with Crippen LogP contribution in [0.2, 0.25) is 5.02 Å². The Labute approximate surface area is 116 Å². The zero-order valence-corrected chi connectivity index (χ0v) is 12.4. The molecule has 0 saturated heterocycles. The van der Waals surface area contributed by atoms with Crippen molar-refractivity contribution in [2.45, 2.75) is 45.6 Å². The van der Waals surface area contributed by atoms with Crippen LogP contribution in [0.3, 0.4) is 0 Å². The monoisotopic (exact) mass is 265 g/mol. The maximum absolute atomic E-state index is 5.93. The minimum atomic E-state index is 0.215. The number of nitrogens with one attached hydrogen (secondary N) is 1. The maximum Gasteiger partial charge on any atom is 0.0406 e. The van der Waals surface area contributed by atoms with Gasteiger partial charge in [-0.3, -0.25) is 0 Å². The quantitative estimate of drug-likeness (QED) is 0.837. The van der Waals surface area contributed by atoms with Crippen LogP contribution in [0.4, 0.5) is 0 Å².